The third-order valence-corrected chi connectivity index (χ3v) is 2.13. The molecule has 2 aromatic heterocycles. The Bertz CT molecular complexity index is 608. The number of halogens is 4. The molecule has 2 rings (SSSR count). The molecule has 0 atom stereocenters. The standard InChI is InChI=1S/C10H6F4N4O/c11-7-1-6(2-15-3-7)4-18-5-8(16-17-18)9(19)10(12,13)14/h1-3,5H,4H2. The highest BCUT2D eigenvalue weighted by Gasteiger charge is 2.41. The quantitative estimate of drug-likeness (QED) is 0.630. The predicted molar refractivity (Wildman–Crippen MR) is 53.7 cm³/mol. The molecular weight excluding hydrogens is 268 g/mol. The van der Waals surface area contributed by atoms with Crippen LogP contribution in [0.4, 0.5) is 17.6 Å². The van der Waals surface area contributed by atoms with E-state index in [0.29, 0.717) is 5.56 Å². The maximum absolute atomic E-state index is 12.8. The van der Waals surface area contributed by atoms with Crippen LogP contribution in [-0.4, -0.2) is 31.9 Å². The maximum atomic E-state index is 12.8. The number of rotatable bonds is 3. The molecule has 0 bridgehead atoms. The number of pyridine rings is 1. The number of aromatic nitrogens is 4. The van der Waals surface area contributed by atoms with Gasteiger partial charge in [0.2, 0.25) is 0 Å². The molecule has 100 valence electrons. The van der Waals surface area contributed by atoms with Crippen LogP contribution in [0.15, 0.2) is 24.7 Å². The fourth-order valence-corrected chi connectivity index (χ4v) is 1.35. The van der Waals surface area contributed by atoms with Gasteiger partial charge in [-0.2, -0.15) is 13.2 Å². The van der Waals surface area contributed by atoms with Crippen LogP contribution >= 0.6 is 0 Å². The van der Waals surface area contributed by atoms with Crippen molar-refractivity contribution < 1.29 is 22.4 Å². The lowest BCUT2D eigenvalue weighted by Gasteiger charge is -2.01. The molecule has 0 N–H and O–H groups in total. The van der Waals surface area contributed by atoms with E-state index < -0.39 is 23.5 Å². The molecule has 0 aromatic carbocycles. The van der Waals surface area contributed by atoms with Crippen LogP contribution in [0.1, 0.15) is 16.1 Å². The molecule has 0 spiro atoms. The van der Waals surface area contributed by atoms with Gasteiger partial charge in [-0.1, -0.05) is 5.21 Å². The monoisotopic (exact) mass is 274 g/mol. The molecule has 0 aliphatic rings. The molecule has 0 fully saturated rings. The second kappa shape index (κ2) is 4.75. The van der Waals surface area contributed by atoms with E-state index in [0.717, 1.165) is 23.1 Å². The Morgan fingerprint density at radius 3 is 2.68 bits per heavy atom. The number of nitrogens with zero attached hydrogens (tertiary/aromatic N) is 4. The smallest absolute Gasteiger partial charge is 0.282 e. The van der Waals surface area contributed by atoms with Crippen molar-refractivity contribution in [3.8, 4) is 0 Å². The van der Waals surface area contributed by atoms with Crippen LogP contribution in [0.5, 0.6) is 0 Å². The number of carbonyl (C=O) groups excluding carboxylic acids is 1. The third kappa shape index (κ3) is 3.12. The van der Waals surface area contributed by atoms with Gasteiger partial charge in [0.25, 0.3) is 5.78 Å². The van der Waals surface area contributed by atoms with Gasteiger partial charge in [-0.3, -0.25) is 9.78 Å². The Morgan fingerprint density at radius 1 is 1.32 bits per heavy atom. The summed E-state index contributed by atoms with van der Waals surface area (Å²) in [4.78, 5) is 14.5. The zero-order valence-electron chi connectivity index (χ0n) is 9.23. The lowest BCUT2D eigenvalue weighted by molar-refractivity contribution is -0.0888. The fourth-order valence-electron chi connectivity index (χ4n) is 1.35. The minimum atomic E-state index is -5.00. The van der Waals surface area contributed by atoms with Crippen LogP contribution in [0, 0.1) is 5.82 Å². The van der Waals surface area contributed by atoms with E-state index >= 15 is 0 Å². The zero-order chi connectivity index (χ0) is 14.0. The van der Waals surface area contributed by atoms with Crippen molar-refractivity contribution in [3.63, 3.8) is 0 Å². The molecule has 0 radical (unpaired) electrons. The largest absolute Gasteiger partial charge is 0.456 e. The van der Waals surface area contributed by atoms with Gasteiger partial charge < -0.3 is 0 Å². The minimum absolute atomic E-state index is 0.0388. The molecule has 0 amide bonds. The van der Waals surface area contributed by atoms with Gasteiger partial charge in [-0.05, 0) is 11.6 Å². The highest BCUT2D eigenvalue weighted by atomic mass is 19.4. The number of ketones is 1. The molecule has 5 nitrogen and oxygen atoms in total. The van der Waals surface area contributed by atoms with E-state index in [-0.39, 0.29) is 6.54 Å². The molecule has 0 aliphatic carbocycles. The predicted octanol–water partition coefficient (Wildman–Crippen LogP) is 1.61. The molecule has 0 unspecified atom stereocenters. The van der Waals surface area contributed by atoms with Gasteiger partial charge in [0.15, 0.2) is 5.69 Å². The first-order chi connectivity index (χ1) is 8.86. The van der Waals surface area contributed by atoms with Crippen molar-refractivity contribution in [1.82, 2.24) is 20.0 Å². The Hall–Kier alpha value is -2.32. The van der Waals surface area contributed by atoms with Gasteiger partial charge in [-0.25, -0.2) is 9.07 Å². The van der Waals surface area contributed by atoms with Crippen LogP contribution in [-0.2, 0) is 6.54 Å². The van der Waals surface area contributed by atoms with E-state index in [1.165, 1.54) is 6.20 Å². The molecule has 0 saturated carbocycles. The summed E-state index contributed by atoms with van der Waals surface area (Å²) in [5, 5.41) is 6.50. The molecule has 9 heteroatoms. The van der Waals surface area contributed by atoms with Gasteiger partial charge >= 0.3 is 6.18 Å². The molecule has 0 saturated heterocycles. The van der Waals surface area contributed by atoms with Crippen molar-refractivity contribution >= 4 is 5.78 Å². The topological polar surface area (TPSA) is 60.7 Å². The first-order valence-electron chi connectivity index (χ1n) is 4.97. The van der Waals surface area contributed by atoms with E-state index in [9.17, 15) is 22.4 Å². The first-order valence-corrected chi connectivity index (χ1v) is 4.97. The highest BCUT2D eigenvalue weighted by molar-refractivity contribution is 5.98. The molecule has 2 heterocycles. The molecule has 19 heavy (non-hydrogen) atoms. The fraction of sp³-hybridized carbons (Fsp3) is 0.200. The summed E-state index contributed by atoms with van der Waals surface area (Å²) in [5.74, 6) is -2.65. The summed E-state index contributed by atoms with van der Waals surface area (Å²) in [6.07, 6.45) is -1.83. The summed E-state index contributed by atoms with van der Waals surface area (Å²) < 4.78 is 50.3. The van der Waals surface area contributed by atoms with Gasteiger partial charge in [0.1, 0.15) is 5.82 Å². The van der Waals surface area contributed by atoms with E-state index in [1.54, 1.807) is 0 Å². The number of hydrogen-bond acceptors (Lipinski definition) is 4. The Labute approximate surface area is 103 Å². The van der Waals surface area contributed by atoms with Gasteiger partial charge in [-0.15, -0.1) is 5.10 Å². The van der Waals surface area contributed by atoms with Crippen molar-refractivity contribution in [1.29, 1.82) is 0 Å². The highest BCUT2D eigenvalue weighted by Crippen LogP contribution is 2.19. The molecular formula is C10H6F4N4O. The average molecular weight is 274 g/mol. The number of Topliss-reactive ketones (excluding diaryl/α,β-unsaturated/α-hetero) is 1. The lowest BCUT2D eigenvalue weighted by atomic mass is 10.3. The first kappa shape index (κ1) is 13.1. The Kier molecular flexibility index (Phi) is 3.28. The van der Waals surface area contributed by atoms with Crippen molar-refractivity contribution in [3.05, 3.63) is 41.7 Å². The average Bonchev–Trinajstić information content (AvgIpc) is 2.75. The van der Waals surface area contributed by atoms with E-state index in [2.05, 4.69) is 15.3 Å². The summed E-state index contributed by atoms with van der Waals surface area (Å²) in [6.45, 7) is -0.0388. The normalized spacial score (nSPS) is 11.6. The Balaban J connectivity index is 2.16. The Morgan fingerprint density at radius 2 is 2.05 bits per heavy atom. The molecule has 2 aromatic rings. The minimum Gasteiger partial charge on any atom is -0.282 e. The summed E-state index contributed by atoms with van der Waals surface area (Å²) in [7, 11) is 0. The summed E-state index contributed by atoms with van der Waals surface area (Å²) in [6, 6.07) is 1.15. The number of hydrogen-bond donors (Lipinski definition) is 0. The van der Waals surface area contributed by atoms with E-state index in [4.69, 9.17) is 0 Å². The van der Waals surface area contributed by atoms with Crippen molar-refractivity contribution in [2.75, 3.05) is 0 Å². The lowest BCUT2D eigenvalue weighted by Crippen LogP contribution is -2.23. The van der Waals surface area contributed by atoms with E-state index in [1.807, 2.05) is 0 Å². The van der Waals surface area contributed by atoms with Crippen molar-refractivity contribution in [2.45, 2.75) is 12.7 Å². The number of carbonyl (C=O) groups is 1. The van der Waals surface area contributed by atoms with Crippen LogP contribution < -0.4 is 0 Å². The SMILES string of the molecule is O=C(c1cn(Cc2cncc(F)c2)nn1)C(F)(F)F. The molecule has 0 aliphatic heterocycles. The summed E-state index contributed by atoms with van der Waals surface area (Å²) >= 11 is 0. The van der Waals surface area contributed by atoms with Crippen LogP contribution in [0.2, 0.25) is 0 Å². The second-order valence-electron chi connectivity index (χ2n) is 3.64. The zero-order valence-corrected chi connectivity index (χ0v) is 9.23. The van der Waals surface area contributed by atoms with Gasteiger partial charge in [0, 0.05) is 6.20 Å². The van der Waals surface area contributed by atoms with Crippen molar-refractivity contribution in [2.24, 2.45) is 0 Å². The summed E-state index contributed by atoms with van der Waals surface area (Å²) in [5.41, 5.74) is -0.423. The number of alkyl halides is 3. The maximum Gasteiger partial charge on any atom is 0.456 e. The third-order valence-electron chi connectivity index (χ3n) is 2.13. The van der Waals surface area contributed by atoms with Crippen LogP contribution in [0.3, 0.4) is 0 Å². The van der Waals surface area contributed by atoms with Crippen LogP contribution in [0.25, 0.3) is 0 Å². The second-order valence-corrected chi connectivity index (χ2v) is 3.64. The van der Waals surface area contributed by atoms with Gasteiger partial charge in [0.05, 0.1) is 18.9 Å².